The molecule has 22 heavy (non-hydrogen) atoms. The fourth-order valence-electron chi connectivity index (χ4n) is 2.41. The van der Waals surface area contributed by atoms with Gasteiger partial charge in [0, 0.05) is 36.4 Å². The van der Waals surface area contributed by atoms with Crippen LogP contribution in [0.15, 0.2) is 41.8 Å². The van der Waals surface area contributed by atoms with E-state index in [1.165, 1.54) is 17.0 Å². The van der Waals surface area contributed by atoms with E-state index in [1.807, 2.05) is 12.1 Å². The number of benzene rings is 1. The van der Waals surface area contributed by atoms with Crippen molar-refractivity contribution in [3.63, 3.8) is 0 Å². The molecule has 0 spiro atoms. The highest BCUT2D eigenvalue weighted by atomic mass is 32.1. The van der Waals surface area contributed by atoms with Crippen LogP contribution in [0.25, 0.3) is 0 Å². The lowest BCUT2D eigenvalue weighted by Gasteiger charge is -2.24. The Balaban J connectivity index is 2.02. The van der Waals surface area contributed by atoms with Crippen LogP contribution >= 0.6 is 11.3 Å². The Bertz CT molecular complexity index is 586. The average Bonchev–Trinajstić information content (AvgIpc) is 3.06. The van der Waals surface area contributed by atoms with Gasteiger partial charge in [0.2, 0.25) is 0 Å². The van der Waals surface area contributed by atoms with Crippen LogP contribution < -0.4 is 4.90 Å². The maximum atomic E-state index is 5.53. The van der Waals surface area contributed by atoms with Crippen LogP contribution in [0.2, 0.25) is 0 Å². The van der Waals surface area contributed by atoms with Gasteiger partial charge in [-0.05, 0) is 48.9 Å². The second kappa shape index (κ2) is 9.30. The molecule has 3 heteroatoms. The highest BCUT2D eigenvalue weighted by Gasteiger charge is 2.08. The monoisotopic (exact) mass is 313 g/mol. The van der Waals surface area contributed by atoms with E-state index in [4.69, 9.17) is 11.2 Å². The van der Waals surface area contributed by atoms with Gasteiger partial charge in [0.05, 0.1) is 6.54 Å². The van der Waals surface area contributed by atoms with Gasteiger partial charge in [-0.3, -0.25) is 0 Å². The SMILES string of the molecule is C#Cc1cccc(N(CCCCCOC)Cc2cccs2)c1. The van der Waals surface area contributed by atoms with Gasteiger partial charge in [0.15, 0.2) is 0 Å². The maximum Gasteiger partial charge on any atom is 0.0522 e. The molecule has 0 radical (unpaired) electrons. The molecule has 0 aliphatic carbocycles. The van der Waals surface area contributed by atoms with Crippen LogP contribution in [0.1, 0.15) is 29.7 Å². The van der Waals surface area contributed by atoms with E-state index in [-0.39, 0.29) is 0 Å². The number of hydrogen-bond donors (Lipinski definition) is 0. The summed E-state index contributed by atoms with van der Waals surface area (Å²) in [6, 6.07) is 12.6. The molecule has 116 valence electrons. The molecule has 2 aromatic rings. The van der Waals surface area contributed by atoms with E-state index in [0.717, 1.165) is 38.1 Å². The summed E-state index contributed by atoms with van der Waals surface area (Å²) in [6.07, 6.45) is 8.99. The Labute approximate surface area is 137 Å². The van der Waals surface area contributed by atoms with E-state index >= 15 is 0 Å². The van der Waals surface area contributed by atoms with Crippen LogP contribution in [0.3, 0.4) is 0 Å². The third-order valence-electron chi connectivity index (χ3n) is 3.58. The van der Waals surface area contributed by atoms with Gasteiger partial charge >= 0.3 is 0 Å². The first kappa shape index (κ1) is 16.6. The van der Waals surface area contributed by atoms with Gasteiger partial charge in [-0.2, -0.15) is 0 Å². The molecule has 0 unspecified atom stereocenters. The zero-order valence-corrected chi connectivity index (χ0v) is 13.9. The first-order valence-corrected chi connectivity index (χ1v) is 8.54. The molecule has 2 rings (SSSR count). The molecule has 1 aromatic carbocycles. The normalized spacial score (nSPS) is 10.4. The number of methoxy groups -OCH3 is 1. The fraction of sp³-hybridized carbons (Fsp3) is 0.368. The van der Waals surface area contributed by atoms with Gasteiger partial charge in [0.25, 0.3) is 0 Å². The third-order valence-corrected chi connectivity index (χ3v) is 4.44. The van der Waals surface area contributed by atoms with E-state index < -0.39 is 0 Å². The topological polar surface area (TPSA) is 12.5 Å². The third kappa shape index (κ3) is 5.22. The number of terminal acetylenes is 1. The lowest BCUT2D eigenvalue weighted by atomic mass is 10.1. The number of ether oxygens (including phenoxy) is 1. The molecular weight excluding hydrogens is 290 g/mol. The van der Waals surface area contributed by atoms with Crippen molar-refractivity contribution in [1.82, 2.24) is 0 Å². The second-order valence-corrected chi connectivity index (χ2v) is 6.28. The molecular formula is C19H23NOS. The Morgan fingerprint density at radius 3 is 2.82 bits per heavy atom. The number of unbranched alkanes of at least 4 members (excludes halogenated alkanes) is 2. The lowest BCUT2D eigenvalue weighted by molar-refractivity contribution is 0.192. The molecule has 0 fully saturated rings. The molecule has 0 bridgehead atoms. The number of anilines is 1. The van der Waals surface area contributed by atoms with Gasteiger partial charge in [-0.25, -0.2) is 0 Å². The van der Waals surface area contributed by atoms with Crippen molar-refractivity contribution >= 4 is 17.0 Å². The molecule has 1 heterocycles. The molecule has 1 aromatic heterocycles. The Morgan fingerprint density at radius 2 is 2.09 bits per heavy atom. The predicted octanol–water partition coefficient (Wildman–Crippen LogP) is 4.55. The second-order valence-electron chi connectivity index (χ2n) is 5.25. The van der Waals surface area contributed by atoms with Crippen molar-refractivity contribution in [3.05, 3.63) is 52.2 Å². The molecule has 0 N–H and O–H groups in total. The zero-order chi connectivity index (χ0) is 15.6. The maximum absolute atomic E-state index is 5.53. The largest absolute Gasteiger partial charge is 0.385 e. The van der Waals surface area contributed by atoms with Crippen molar-refractivity contribution in [1.29, 1.82) is 0 Å². The van der Waals surface area contributed by atoms with Crippen molar-refractivity contribution in [2.45, 2.75) is 25.8 Å². The first-order chi connectivity index (χ1) is 10.8. The van der Waals surface area contributed by atoms with Gasteiger partial charge < -0.3 is 9.64 Å². The summed E-state index contributed by atoms with van der Waals surface area (Å²) in [6.45, 7) is 2.82. The number of nitrogens with zero attached hydrogens (tertiary/aromatic N) is 1. The standard InChI is InChI=1S/C19H23NOS/c1-3-17-9-7-10-18(15-17)20(12-5-4-6-13-21-2)16-19-11-8-14-22-19/h1,7-11,14-15H,4-6,12-13,16H2,2H3. The van der Waals surface area contributed by atoms with Gasteiger partial charge in [-0.15, -0.1) is 17.8 Å². The Kier molecular flexibility index (Phi) is 7.02. The quantitative estimate of drug-likeness (QED) is 0.497. The average molecular weight is 313 g/mol. The summed E-state index contributed by atoms with van der Waals surface area (Å²) >= 11 is 1.80. The van der Waals surface area contributed by atoms with E-state index in [9.17, 15) is 0 Å². The number of thiophene rings is 1. The molecule has 0 amide bonds. The minimum atomic E-state index is 0.845. The van der Waals surface area contributed by atoms with Crippen molar-refractivity contribution in [2.24, 2.45) is 0 Å². The zero-order valence-electron chi connectivity index (χ0n) is 13.1. The van der Waals surface area contributed by atoms with E-state index in [2.05, 4.69) is 40.5 Å². The van der Waals surface area contributed by atoms with E-state index in [0.29, 0.717) is 0 Å². The molecule has 0 atom stereocenters. The van der Waals surface area contributed by atoms with Crippen molar-refractivity contribution < 1.29 is 4.74 Å². The smallest absolute Gasteiger partial charge is 0.0522 e. The highest BCUT2D eigenvalue weighted by Crippen LogP contribution is 2.21. The summed E-state index contributed by atoms with van der Waals surface area (Å²) in [5.74, 6) is 2.72. The Morgan fingerprint density at radius 1 is 1.18 bits per heavy atom. The van der Waals surface area contributed by atoms with Crippen molar-refractivity contribution in [3.8, 4) is 12.3 Å². The van der Waals surface area contributed by atoms with Gasteiger partial charge in [-0.1, -0.05) is 18.1 Å². The minimum Gasteiger partial charge on any atom is -0.385 e. The molecule has 2 nitrogen and oxygen atoms in total. The molecule has 0 saturated carbocycles. The first-order valence-electron chi connectivity index (χ1n) is 7.66. The Hall–Kier alpha value is -1.76. The number of rotatable bonds is 9. The van der Waals surface area contributed by atoms with E-state index in [1.54, 1.807) is 18.4 Å². The summed E-state index contributed by atoms with van der Waals surface area (Å²) in [4.78, 5) is 3.79. The number of hydrogen-bond acceptors (Lipinski definition) is 3. The molecule has 0 aliphatic heterocycles. The fourth-order valence-corrected chi connectivity index (χ4v) is 3.13. The molecule has 0 aliphatic rings. The van der Waals surface area contributed by atoms with Crippen LogP contribution in [-0.2, 0) is 11.3 Å². The van der Waals surface area contributed by atoms with Crippen LogP contribution in [0.4, 0.5) is 5.69 Å². The van der Waals surface area contributed by atoms with Crippen LogP contribution in [-0.4, -0.2) is 20.3 Å². The summed E-state index contributed by atoms with van der Waals surface area (Å²) < 4.78 is 5.11. The van der Waals surface area contributed by atoms with Crippen molar-refractivity contribution in [2.75, 3.05) is 25.2 Å². The summed E-state index contributed by atoms with van der Waals surface area (Å²) in [5, 5.41) is 2.13. The minimum absolute atomic E-state index is 0.845. The summed E-state index contributed by atoms with van der Waals surface area (Å²) in [7, 11) is 1.76. The summed E-state index contributed by atoms with van der Waals surface area (Å²) in [5.41, 5.74) is 2.14. The van der Waals surface area contributed by atoms with Crippen LogP contribution in [0.5, 0.6) is 0 Å². The van der Waals surface area contributed by atoms with Crippen LogP contribution in [0, 0.1) is 12.3 Å². The van der Waals surface area contributed by atoms with Gasteiger partial charge in [0.1, 0.15) is 0 Å². The molecule has 0 saturated heterocycles. The lowest BCUT2D eigenvalue weighted by Crippen LogP contribution is -2.23. The highest BCUT2D eigenvalue weighted by molar-refractivity contribution is 7.09. The predicted molar refractivity (Wildman–Crippen MR) is 95.5 cm³/mol.